The Morgan fingerprint density at radius 2 is 1.42 bits per heavy atom. The highest BCUT2D eigenvalue weighted by atomic mass is 32.2. The molecule has 140 valence electrons. The molecular formula is C11H8F6N8S. The van der Waals surface area contributed by atoms with Crippen LogP contribution in [-0.4, -0.2) is 34.7 Å². The third-order valence-electron chi connectivity index (χ3n) is 3.41. The topological polar surface area (TPSA) is 99.8 Å². The van der Waals surface area contributed by atoms with Gasteiger partial charge in [-0.15, -0.1) is 20.4 Å². The Labute approximate surface area is 144 Å². The monoisotopic (exact) mass is 398 g/mol. The minimum atomic E-state index is -4.83. The van der Waals surface area contributed by atoms with Crippen molar-refractivity contribution in [3.05, 3.63) is 22.8 Å². The molecule has 0 aliphatic rings. The maximum Gasteiger partial charge on any atom is 0.453 e. The minimum absolute atomic E-state index is 0.0480. The molecule has 8 nitrogen and oxygen atoms in total. The second-order valence-corrected chi connectivity index (χ2v) is 6.04. The Kier molecular flexibility index (Phi) is 4.01. The predicted octanol–water partition coefficient (Wildman–Crippen LogP) is 2.24. The van der Waals surface area contributed by atoms with Crippen molar-refractivity contribution in [2.75, 3.05) is 5.84 Å². The molecule has 3 rings (SSSR count). The standard InChI is InChI=1S/C11H8F6N8S/c1-3-4(2)6(23-25-5(3)19-21-8(25)11(15,16)17)26-9-22-20-7(24(9)18)10(12,13)14/h18H2,1-2H3. The summed E-state index contributed by atoms with van der Waals surface area (Å²) >= 11 is 0.539. The summed E-state index contributed by atoms with van der Waals surface area (Å²) in [6, 6.07) is 0. The van der Waals surface area contributed by atoms with Crippen LogP contribution in [0.3, 0.4) is 0 Å². The summed E-state index contributed by atoms with van der Waals surface area (Å²) in [7, 11) is 0. The van der Waals surface area contributed by atoms with Crippen LogP contribution in [0.1, 0.15) is 22.8 Å². The average molecular weight is 398 g/mol. The number of alkyl halides is 6. The van der Waals surface area contributed by atoms with Crippen LogP contribution < -0.4 is 5.84 Å². The Balaban J connectivity index is 2.12. The number of hydrogen-bond donors (Lipinski definition) is 1. The highest BCUT2D eigenvalue weighted by Crippen LogP contribution is 2.34. The lowest BCUT2D eigenvalue weighted by Gasteiger charge is -2.10. The molecule has 3 heterocycles. The van der Waals surface area contributed by atoms with E-state index >= 15 is 0 Å². The molecule has 0 fully saturated rings. The van der Waals surface area contributed by atoms with Gasteiger partial charge >= 0.3 is 12.4 Å². The molecule has 0 saturated carbocycles. The lowest BCUT2D eigenvalue weighted by molar-refractivity contribution is -0.147. The first kappa shape index (κ1) is 18.2. The number of fused-ring (bicyclic) bond motifs is 1. The molecule has 0 spiro atoms. The maximum absolute atomic E-state index is 13.0. The lowest BCUT2D eigenvalue weighted by Crippen LogP contribution is -2.21. The molecule has 0 saturated heterocycles. The molecule has 0 aliphatic carbocycles. The van der Waals surface area contributed by atoms with Gasteiger partial charge in [0, 0.05) is 5.56 Å². The van der Waals surface area contributed by atoms with Gasteiger partial charge in [0.05, 0.1) is 0 Å². The molecule has 3 aromatic rings. The molecule has 2 N–H and O–H groups in total. The largest absolute Gasteiger partial charge is 0.453 e. The number of hydrogen-bond acceptors (Lipinski definition) is 7. The van der Waals surface area contributed by atoms with E-state index in [1.807, 2.05) is 0 Å². The summed E-state index contributed by atoms with van der Waals surface area (Å²) in [5.74, 6) is 2.52. The molecule has 0 atom stereocenters. The molecule has 0 aliphatic heterocycles. The van der Waals surface area contributed by atoms with E-state index in [1.165, 1.54) is 13.8 Å². The fourth-order valence-corrected chi connectivity index (χ4v) is 2.87. The third-order valence-corrected chi connectivity index (χ3v) is 4.45. The van der Waals surface area contributed by atoms with E-state index in [1.54, 1.807) is 0 Å². The smallest absolute Gasteiger partial charge is 0.335 e. The number of aromatic nitrogens is 7. The normalized spacial score (nSPS) is 12.9. The predicted molar refractivity (Wildman–Crippen MR) is 74.6 cm³/mol. The summed E-state index contributed by atoms with van der Waals surface area (Å²) in [5.41, 5.74) is 0.592. The molecular weight excluding hydrogens is 390 g/mol. The molecule has 26 heavy (non-hydrogen) atoms. The summed E-state index contributed by atoms with van der Waals surface area (Å²) in [4.78, 5) is 0. The van der Waals surface area contributed by atoms with Gasteiger partial charge in [0.25, 0.3) is 11.6 Å². The summed E-state index contributed by atoms with van der Waals surface area (Å²) in [6.07, 6.45) is -9.64. The van der Waals surface area contributed by atoms with Gasteiger partial charge in [0.15, 0.2) is 5.65 Å². The Bertz CT molecular complexity index is 987. The van der Waals surface area contributed by atoms with E-state index in [0.717, 1.165) is 0 Å². The van der Waals surface area contributed by atoms with Crippen molar-refractivity contribution in [2.45, 2.75) is 36.4 Å². The van der Waals surface area contributed by atoms with E-state index < -0.39 is 29.2 Å². The first-order chi connectivity index (χ1) is 11.9. The van der Waals surface area contributed by atoms with Crippen molar-refractivity contribution in [2.24, 2.45) is 0 Å². The molecule has 0 radical (unpaired) electrons. The molecule has 0 amide bonds. The van der Waals surface area contributed by atoms with Gasteiger partial charge in [-0.3, -0.25) is 0 Å². The van der Waals surface area contributed by atoms with Crippen molar-refractivity contribution >= 4 is 17.4 Å². The van der Waals surface area contributed by atoms with Gasteiger partial charge < -0.3 is 5.84 Å². The second-order valence-electron chi connectivity index (χ2n) is 5.09. The van der Waals surface area contributed by atoms with E-state index in [2.05, 4.69) is 25.5 Å². The molecule has 0 aromatic carbocycles. The van der Waals surface area contributed by atoms with Crippen LogP contribution in [0.5, 0.6) is 0 Å². The zero-order valence-electron chi connectivity index (χ0n) is 12.9. The average Bonchev–Trinajstić information content (AvgIpc) is 3.08. The van der Waals surface area contributed by atoms with E-state index in [0.29, 0.717) is 27.4 Å². The SMILES string of the molecule is Cc1c(Sc2nnc(C(F)(F)F)n2N)nn2c(C(F)(F)F)nnc2c1C. The van der Waals surface area contributed by atoms with Gasteiger partial charge in [-0.05, 0) is 31.2 Å². The first-order valence-corrected chi connectivity index (χ1v) is 7.48. The Morgan fingerprint density at radius 3 is 1.96 bits per heavy atom. The van der Waals surface area contributed by atoms with Gasteiger partial charge in [0.1, 0.15) is 5.03 Å². The van der Waals surface area contributed by atoms with Crippen molar-refractivity contribution in [3.63, 3.8) is 0 Å². The van der Waals surface area contributed by atoms with Gasteiger partial charge in [-0.25, -0.2) is 4.68 Å². The van der Waals surface area contributed by atoms with Crippen LogP contribution in [0.25, 0.3) is 5.65 Å². The second kappa shape index (κ2) is 5.72. The lowest BCUT2D eigenvalue weighted by atomic mass is 10.2. The van der Waals surface area contributed by atoms with Crippen LogP contribution in [0.4, 0.5) is 26.3 Å². The summed E-state index contributed by atoms with van der Waals surface area (Å²) in [5, 5.41) is 16.1. The third kappa shape index (κ3) is 2.91. The molecule has 3 aromatic heterocycles. The van der Waals surface area contributed by atoms with Gasteiger partial charge in [-0.2, -0.15) is 36.0 Å². The number of rotatable bonds is 2. The number of aryl methyl sites for hydroxylation is 1. The van der Waals surface area contributed by atoms with Crippen LogP contribution in [0.2, 0.25) is 0 Å². The van der Waals surface area contributed by atoms with Gasteiger partial charge in [-0.1, -0.05) is 0 Å². The van der Waals surface area contributed by atoms with Crippen LogP contribution in [-0.2, 0) is 12.4 Å². The Morgan fingerprint density at radius 1 is 0.846 bits per heavy atom. The first-order valence-electron chi connectivity index (χ1n) is 6.66. The number of nitrogens with zero attached hydrogens (tertiary/aromatic N) is 7. The molecule has 15 heteroatoms. The number of nitrogens with two attached hydrogens (primary N) is 1. The van der Waals surface area contributed by atoms with Crippen LogP contribution >= 0.6 is 11.8 Å². The van der Waals surface area contributed by atoms with Crippen molar-refractivity contribution in [1.82, 2.24) is 34.7 Å². The van der Waals surface area contributed by atoms with Crippen LogP contribution in [0, 0.1) is 13.8 Å². The Hall–Kier alpha value is -2.58. The zero-order chi connectivity index (χ0) is 19.4. The van der Waals surface area contributed by atoms with Gasteiger partial charge in [0.2, 0.25) is 5.16 Å². The van der Waals surface area contributed by atoms with Crippen molar-refractivity contribution < 1.29 is 26.3 Å². The van der Waals surface area contributed by atoms with E-state index in [-0.39, 0.29) is 15.3 Å². The highest BCUT2D eigenvalue weighted by Gasteiger charge is 2.39. The van der Waals surface area contributed by atoms with Crippen LogP contribution in [0.15, 0.2) is 10.2 Å². The molecule has 0 bridgehead atoms. The molecule has 0 unspecified atom stereocenters. The summed E-state index contributed by atoms with van der Waals surface area (Å²) < 4.78 is 77.8. The van der Waals surface area contributed by atoms with Crippen molar-refractivity contribution in [3.8, 4) is 0 Å². The summed E-state index contributed by atoms with van der Waals surface area (Å²) in [6.45, 7) is 3.01. The number of halogens is 6. The van der Waals surface area contributed by atoms with E-state index in [4.69, 9.17) is 5.84 Å². The fraction of sp³-hybridized carbons (Fsp3) is 0.364. The van der Waals surface area contributed by atoms with Crippen molar-refractivity contribution in [1.29, 1.82) is 0 Å². The highest BCUT2D eigenvalue weighted by molar-refractivity contribution is 7.99. The van der Waals surface area contributed by atoms with E-state index in [9.17, 15) is 26.3 Å². The zero-order valence-corrected chi connectivity index (χ0v) is 13.7. The fourth-order valence-electron chi connectivity index (χ4n) is 2.00. The maximum atomic E-state index is 13.0. The number of nitrogen functional groups attached to an aromatic ring is 1. The quantitative estimate of drug-likeness (QED) is 0.522. The minimum Gasteiger partial charge on any atom is -0.335 e.